The Morgan fingerprint density at radius 3 is 2.62 bits per heavy atom. The molecule has 0 bridgehead atoms. The summed E-state index contributed by atoms with van der Waals surface area (Å²) in [7, 11) is 0.661. The number of hydrogen-bond donors (Lipinski definition) is 2. The molecular weight excluding hydrogens is 503 g/mol. The molecule has 1 fully saturated rings. The largest absolute Gasteiger partial charge is 0.444 e. The molecular formula is C20H33IN4O3S. The summed E-state index contributed by atoms with van der Waals surface area (Å²) >= 11 is 0. The molecule has 164 valence electrons. The zero-order valence-corrected chi connectivity index (χ0v) is 20.8. The lowest BCUT2D eigenvalue weighted by Gasteiger charge is -2.35. The quantitative estimate of drug-likeness (QED) is 0.344. The number of ether oxygens (including phenoxy) is 1. The van der Waals surface area contributed by atoms with Crippen molar-refractivity contribution < 1.29 is 13.7 Å². The smallest absolute Gasteiger partial charge is 0.410 e. The summed E-state index contributed by atoms with van der Waals surface area (Å²) < 4.78 is 17.8. The van der Waals surface area contributed by atoms with Crippen molar-refractivity contribution in [3.05, 3.63) is 30.3 Å². The number of halogens is 1. The molecule has 1 aliphatic rings. The number of piperidine rings is 1. The molecule has 1 aromatic carbocycles. The lowest BCUT2D eigenvalue weighted by Crippen LogP contribution is -2.53. The van der Waals surface area contributed by atoms with Gasteiger partial charge in [0.15, 0.2) is 5.96 Å². The van der Waals surface area contributed by atoms with Crippen LogP contribution in [0.15, 0.2) is 40.2 Å². The Bertz CT molecular complexity index is 695. The fourth-order valence-electron chi connectivity index (χ4n) is 2.93. The van der Waals surface area contributed by atoms with Crippen molar-refractivity contribution in [3.8, 4) is 0 Å². The van der Waals surface area contributed by atoms with Crippen LogP contribution in [0.3, 0.4) is 0 Å². The number of aliphatic imine (C=N–C) groups is 1. The average Bonchev–Trinajstić information content (AvgIpc) is 2.66. The van der Waals surface area contributed by atoms with Crippen LogP contribution in [0, 0.1) is 0 Å². The summed E-state index contributed by atoms with van der Waals surface area (Å²) in [6.45, 7) is 7.44. The number of nitrogens with zero attached hydrogens (tertiary/aromatic N) is 2. The first kappa shape index (κ1) is 25.7. The van der Waals surface area contributed by atoms with Gasteiger partial charge in [0, 0.05) is 43.4 Å². The minimum absolute atomic E-state index is 0. The topological polar surface area (TPSA) is 83.0 Å². The van der Waals surface area contributed by atoms with Gasteiger partial charge in [0.25, 0.3) is 0 Å². The number of hydrogen-bond acceptors (Lipinski definition) is 4. The van der Waals surface area contributed by atoms with Crippen LogP contribution in [0.5, 0.6) is 0 Å². The van der Waals surface area contributed by atoms with Crippen LogP contribution < -0.4 is 10.6 Å². The summed E-state index contributed by atoms with van der Waals surface area (Å²) in [6.07, 6.45) is 1.59. The van der Waals surface area contributed by atoms with E-state index in [1.807, 2.05) is 51.1 Å². The Balaban J connectivity index is 0.00000420. The normalized spacial score (nSPS) is 18.4. The third-order valence-corrected chi connectivity index (χ3v) is 5.60. The third-order valence-electron chi connectivity index (χ3n) is 4.22. The van der Waals surface area contributed by atoms with Gasteiger partial charge in [-0.15, -0.1) is 24.0 Å². The molecule has 29 heavy (non-hydrogen) atoms. The number of rotatable bonds is 5. The predicted octanol–water partition coefficient (Wildman–Crippen LogP) is 2.98. The maximum absolute atomic E-state index is 12.3. The van der Waals surface area contributed by atoms with E-state index in [1.165, 1.54) is 0 Å². The first-order valence-corrected chi connectivity index (χ1v) is 11.0. The fraction of sp³-hybridized carbons (Fsp3) is 0.600. The molecule has 1 saturated heterocycles. The fourth-order valence-corrected chi connectivity index (χ4v) is 3.91. The van der Waals surface area contributed by atoms with Crippen molar-refractivity contribution >= 4 is 46.8 Å². The molecule has 2 N–H and O–H groups in total. The van der Waals surface area contributed by atoms with Crippen molar-refractivity contribution in [2.45, 2.75) is 50.2 Å². The van der Waals surface area contributed by atoms with E-state index >= 15 is 0 Å². The molecule has 0 saturated carbocycles. The van der Waals surface area contributed by atoms with Crippen molar-refractivity contribution in [1.29, 1.82) is 0 Å². The lowest BCUT2D eigenvalue weighted by molar-refractivity contribution is 0.0193. The summed E-state index contributed by atoms with van der Waals surface area (Å²) in [5.41, 5.74) is -0.497. The lowest BCUT2D eigenvalue weighted by atomic mass is 10.1. The van der Waals surface area contributed by atoms with E-state index in [2.05, 4.69) is 15.6 Å². The second kappa shape index (κ2) is 12.4. The molecule has 0 radical (unpaired) electrons. The molecule has 7 nitrogen and oxygen atoms in total. The van der Waals surface area contributed by atoms with Crippen molar-refractivity contribution in [2.75, 3.05) is 32.4 Å². The predicted molar refractivity (Wildman–Crippen MR) is 128 cm³/mol. The van der Waals surface area contributed by atoms with Gasteiger partial charge in [0.1, 0.15) is 5.60 Å². The Morgan fingerprint density at radius 1 is 1.31 bits per heavy atom. The molecule has 9 heteroatoms. The summed E-state index contributed by atoms with van der Waals surface area (Å²) in [6, 6.07) is 9.54. The Labute approximate surface area is 193 Å². The highest BCUT2D eigenvalue weighted by Crippen LogP contribution is 2.15. The standard InChI is InChI=1S/C20H32N4O3S.HI/c1-20(2,3)27-19(25)24-13-8-9-16(15-24)23-18(21-4)22-12-14-28(26)17-10-6-5-7-11-17;/h5-7,10-11,16H,8-9,12-15H2,1-4H3,(H2,21,22,23);1H. The van der Waals surface area contributed by atoms with Crippen LogP contribution >= 0.6 is 24.0 Å². The van der Waals surface area contributed by atoms with E-state index in [0.29, 0.717) is 31.3 Å². The Morgan fingerprint density at radius 2 is 2.00 bits per heavy atom. The number of amides is 1. The van der Waals surface area contributed by atoms with E-state index in [0.717, 1.165) is 17.7 Å². The third kappa shape index (κ3) is 9.33. The molecule has 1 aromatic rings. The van der Waals surface area contributed by atoms with Crippen molar-refractivity contribution in [2.24, 2.45) is 4.99 Å². The van der Waals surface area contributed by atoms with E-state index in [-0.39, 0.29) is 36.1 Å². The van der Waals surface area contributed by atoms with Gasteiger partial charge in [-0.2, -0.15) is 0 Å². The van der Waals surface area contributed by atoms with Crippen LogP contribution in [0.25, 0.3) is 0 Å². The van der Waals surface area contributed by atoms with Crippen molar-refractivity contribution in [3.63, 3.8) is 0 Å². The molecule has 1 aliphatic heterocycles. The highest BCUT2D eigenvalue weighted by molar-refractivity contribution is 14.0. The second-order valence-corrected chi connectivity index (χ2v) is 9.34. The number of carbonyl (C=O) groups is 1. The zero-order chi connectivity index (χ0) is 20.6. The minimum atomic E-state index is -1.04. The molecule has 1 heterocycles. The molecule has 0 spiro atoms. The molecule has 1 amide bonds. The summed E-state index contributed by atoms with van der Waals surface area (Å²) in [5.74, 6) is 1.15. The van der Waals surface area contributed by atoms with Gasteiger partial charge in [-0.05, 0) is 45.7 Å². The first-order chi connectivity index (χ1) is 13.3. The maximum atomic E-state index is 12.3. The highest BCUT2D eigenvalue weighted by atomic mass is 127. The number of likely N-dealkylation sites (tertiary alicyclic amines) is 1. The molecule has 2 atom stereocenters. The van der Waals surface area contributed by atoms with Crippen LogP contribution in [0.2, 0.25) is 0 Å². The van der Waals surface area contributed by atoms with E-state index < -0.39 is 16.4 Å². The van der Waals surface area contributed by atoms with Crippen molar-refractivity contribution in [1.82, 2.24) is 15.5 Å². The van der Waals surface area contributed by atoms with Crippen LogP contribution in [-0.2, 0) is 15.5 Å². The minimum Gasteiger partial charge on any atom is -0.444 e. The van der Waals surface area contributed by atoms with Crippen LogP contribution in [0.4, 0.5) is 4.79 Å². The molecule has 2 rings (SSSR count). The van der Waals surface area contributed by atoms with Gasteiger partial charge >= 0.3 is 6.09 Å². The van der Waals surface area contributed by atoms with Gasteiger partial charge in [-0.25, -0.2) is 4.79 Å². The highest BCUT2D eigenvalue weighted by Gasteiger charge is 2.28. The van der Waals surface area contributed by atoms with Gasteiger partial charge in [0.05, 0.1) is 10.8 Å². The number of benzene rings is 1. The monoisotopic (exact) mass is 536 g/mol. The second-order valence-electron chi connectivity index (χ2n) is 7.77. The molecule has 0 aromatic heterocycles. The van der Waals surface area contributed by atoms with E-state index in [1.54, 1.807) is 11.9 Å². The van der Waals surface area contributed by atoms with Gasteiger partial charge in [-0.1, -0.05) is 18.2 Å². The number of carbonyl (C=O) groups excluding carboxylic acids is 1. The number of nitrogens with one attached hydrogen (secondary N) is 2. The summed E-state index contributed by atoms with van der Waals surface area (Å²) in [4.78, 5) is 19.1. The Kier molecular flexibility index (Phi) is 10.9. The van der Waals surface area contributed by atoms with Gasteiger partial charge < -0.3 is 20.3 Å². The number of guanidine groups is 1. The summed E-state index contributed by atoms with van der Waals surface area (Å²) in [5, 5.41) is 6.57. The Hall–Kier alpha value is -1.36. The first-order valence-electron chi connectivity index (χ1n) is 9.67. The zero-order valence-electron chi connectivity index (χ0n) is 17.6. The van der Waals surface area contributed by atoms with E-state index in [9.17, 15) is 9.00 Å². The average molecular weight is 536 g/mol. The molecule has 0 aliphatic carbocycles. The molecule has 2 unspecified atom stereocenters. The van der Waals surface area contributed by atoms with Crippen LogP contribution in [0.1, 0.15) is 33.6 Å². The maximum Gasteiger partial charge on any atom is 0.410 e. The van der Waals surface area contributed by atoms with Gasteiger partial charge in [-0.3, -0.25) is 9.20 Å². The SMILES string of the molecule is CN=C(NCCS(=O)c1ccccc1)NC1CCCN(C(=O)OC(C)(C)C)C1.I. The van der Waals surface area contributed by atoms with E-state index in [4.69, 9.17) is 4.74 Å². The van der Waals surface area contributed by atoms with Gasteiger partial charge in [0.2, 0.25) is 0 Å². The van der Waals surface area contributed by atoms with Crippen LogP contribution in [-0.4, -0.2) is 65.2 Å².